The third-order valence-corrected chi connectivity index (χ3v) is 24.3. The van der Waals surface area contributed by atoms with Crippen LogP contribution in [-0.4, -0.2) is 24.2 Å². The van der Waals surface area contributed by atoms with Gasteiger partial charge < -0.3 is 0 Å². The average Bonchev–Trinajstić information content (AvgIpc) is 1.76. The molecule has 0 rings (SSSR count). The van der Waals surface area contributed by atoms with E-state index in [1.165, 1.54) is 0 Å². The molecule has 0 nitrogen and oxygen atoms in total. The molecule has 0 atom stereocenters. The first-order chi connectivity index (χ1) is 6.31. The van der Waals surface area contributed by atoms with Gasteiger partial charge in [-0.3, -0.25) is 0 Å². The molecular weight excluding hydrogens is 228 g/mol. The highest BCUT2D eigenvalue weighted by Crippen LogP contribution is 2.52. The van der Waals surface area contributed by atoms with Gasteiger partial charge in [0.2, 0.25) is 0 Å². The predicted octanol–water partition coefficient (Wildman–Crippen LogP) is 4.45. The highest BCUT2D eigenvalue weighted by atomic mass is 28.5. The SMILES string of the molecule is C#CC([Si](C)(C)C)([Si](C)(C)C)[Si](C)(C)C. The van der Waals surface area contributed by atoms with Gasteiger partial charge in [0, 0.05) is 4.28 Å². The third kappa shape index (κ3) is 2.32. The van der Waals surface area contributed by atoms with Crippen molar-refractivity contribution in [1.29, 1.82) is 0 Å². The fourth-order valence-electron chi connectivity index (χ4n) is 4.02. The highest BCUT2D eigenvalue weighted by Gasteiger charge is 2.58. The van der Waals surface area contributed by atoms with Crippen molar-refractivity contribution in [2.45, 2.75) is 63.2 Å². The van der Waals surface area contributed by atoms with Crippen molar-refractivity contribution >= 4 is 24.2 Å². The normalized spacial score (nSPS) is 14.9. The molecule has 0 heterocycles. The average molecular weight is 257 g/mol. The van der Waals surface area contributed by atoms with Crippen molar-refractivity contribution in [1.82, 2.24) is 0 Å². The van der Waals surface area contributed by atoms with Crippen LogP contribution in [0.5, 0.6) is 0 Å². The minimum atomic E-state index is -1.32. The van der Waals surface area contributed by atoms with Gasteiger partial charge in [0.1, 0.15) is 0 Å². The fraction of sp³-hybridized carbons (Fsp3) is 0.833. The topological polar surface area (TPSA) is 0 Å². The van der Waals surface area contributed by atoms with E-state index in [0.29, 0.717) is 4.28 Å². The van der Waals surface area contributed by atoms with Gasteiger partial charge in [0.05, 0.1) is 24.2 Å². The van der Waals surface area contributed by atoms with E-state index in [4.69, 9.17) is 6.42 Å². The van der Waals surface area contributed by atoms with Gasteiger partial charge >= 0.3 is 0 Å². The van der Waals surface area contributed by atoms with E-state index in [-0.39, 0.29) is 0 Å². The predicted molar refractivity (Wildman–Crippen MR) is 81.6 cm³/mol. The Morgan fingerprint density at radius 2 is 0.867 bits per heavy atom. The van der Waals surface area contributed by atoms with Gasteiger partial charge in [-0.15, -0.1) is 12.3 Å². The highest BCUT2D eigenvalue weighted by molar-refractivity contribution is 7.16. The Balaban J connectivity index is 5.93. The summed E-state index contributed by atoms with van der Waals surface area (Å²) in [6.07, 6.45) is 6.02. The van der Waals surface area contributed by atoms with Crippen LogP contribution in [0.1, 0.15) is 0 Å². The number of rotatable bonds is 3. The maximum absolute atomic E-state index is 6.02. The fourth-order valence-corrected chi connectivity index (χ4v) is 32.3. The maximum atomic E-state index is 6.02. The molecule has 0 saturated heterocycles. The lowest BCUT2D eigenvalue weighted by Gasteiger charge is -2.55. The van der Waals surface area contributed by atoms with Gasteiger partial charge in [-0.05, 0) is 0 Å². The van der Waals surface area contributed by atoms with Crippen molar-refractivity contribution in [3.8, 4) is 12.3 Å². The summed E-state index contributed by atoms with van der Waals surface area (Å²) in [7, 11) is -3.96. The second kappa shape index (κ2) is 3.90. The van der Waals surface area contributed by atoms with Crippen molar-refractivity contribution < 1.29 is 0 Å². The standard InChI is InChI=1S/C12H28Si3/c1-11-12(13(2,3)4,14(5,6)7)15(8,9)10/h1H,2-10H3. The van der Waals surface area contributed by atoms with E-state index >= 15 is 0 Å². The van der Waals surface area contributed by atoms with E-state index in [1.807, 2.05) is 0 Å². The Kier molecular flexibility index (Phi) is 3.96. The van der Waals surface area contributed by atoms with Crippen LogP contribution in [0.2, 0.25) is 63.2 Å². The molecular formula is C12H28Si3. The molecule has 15 heavy (non-hydrogen) atoms. The van der Waals surface area contributed by atoms with Crippen molar-refractivity contribution in [3.05, 3.63) is 0 Å². The van der Waals surface area contributed by atoms with Gasteiger partial charge in [-0.2, -0.15) is 0 Å². The lowest BCUT2D eigenvalue weighted by molar-refractivity contribution is 1.17. The third-order valence-electron chi connectivity index (χ3n) is 3.59. The van der Waals surface area contributed by atoms with E-state index in [9.17, 15) is 0 Å². The molecule has 0 saturated carbocycles. The Morgan fingerprint density at radius 1 is 0.667 bits per heavy atom. The zero-order chi connectivity index (χ0) is 12.7. The van der Waals surface area contributed by atoms with Crippen LogP contribution in [0, 0.1) is 12.3 Å². The Hall–Kier alpha value is 0.211. The molecule has 0 aromatic rings. The molecule has 3 heteroatoms. The van der Waals surface area contributed by atoms with Crippen LogP contribution in [0.15, 0.2) is 0 Å². The Bertz CT molecular complexity index is 229. The zero-order valence-corrected chi connectivity index (χ0v) is 15.1. The molecule has 0 aliphatic rings. The van der Waals surface area contributed by atoms with E-state index in [2.05, 4.69) is 64.8 Å². The maximum Gasteiger partial charge on any atom is 0.0583 e. The quantitative estimate of drug-likeness (QED) is 0.517. The van der Waals surface area contributed by atoms with Crippen LogP contribution in [0.4, 0.5) is 0 Å². The smallest absolute Gasteiger partial charge is 0.0583 e. The number of hydrogen-bond acceptors (Lipinski definition) is 0. The van der Waals surface area contributed by atoms with Crippen molar-refractivity contribution in [3.63, 3.8) is 0 Å². The first kappa shape index (κ1) is 15.2. The lowest BCUT2D eigenvalue weighted by Crippen LogP contribution is -2.64. The summed E-state index contributed by atoms with van der Waals surface area (Å²) in [5, 5.41) is 0. The summed E-state index contributed by atoms with van der Waals surface area (Å²) in [4.78, 5) is 0. The molecule has 0 aromatic carbocycles. The van der Waals surface area contributed by atoms with Crippen molar-refractivity contribution in [2.75, 3.05) is 0 Å². The number of hydrogen-bond donors (Lipinski definition) is 0. The molecule has 0 aliphatic heterocycles. The molecule has 0 bridgehead atoms. The first-order valence-electron chi connectivity index (χ1n) is 5.79. The first-order valence-corrected chi connectivity index (χ1v) is 16.3. The summed E-state index contributed by atoms with van der Waals surface area (Å²) >= 11 is 0. The van der Waals surface area contributed by atoms with E-state index < -0.39 is 24.2 Å². The van der Waals surface area contributed by atoms with Gasteiger partial charge in [-0.25, -0.2) is 0 Å². The molecule has 0 radical (unpaired) electrons. The van der Waals surface area contributed by atoms with Gasteiger partial charge in [-0.1, -0.05) is 58.9 Å². The lowest BCUT2D eigenvalue weighted by atomic mass is 10.8. The molecule has 0 fully saturated rings. The van der Waals surface area contributed by atoms with Crippen LogP contribution < -0.4 is 0 Å². The molecule has 0 aliphatic carbocycles. The molecule has 0 amide bonds. The van der Waals surface area contributed by atoms with Crippen LogP contribution in [0.3, 0.4) is 0 Å². The zero-order valence-electron chi connectivity index (χ0n) is 12.1. The van der Waals surface area contributed by atoms with Crippen molar-refractivity contribution in [2.24, 2.45) is 0 Å². The molecule has 0 N–H and O–H groups in total. The largest absolute Gasteiger partial charge is 0.120 e. The van der Waals surface area contributed by atoms with Crippen LogP contribution in [-0.2, 0) is 0 Å². The summed E-state index contributed by atoms with van der Waals surface area (Å²) in [5.41, 5.74) is 0. The molecule has 0 aromatic heterocycles. The number of terminal acetylenes is 1. The second-order valence-electron chi connectivity index (χ2n) is 7.64. The van der Waals surface area contributed by atoms with Gasteiger partial charge in [0.25, 0.3) is 0 Å². The minimum absolute atomic E-state index is 0.299. The minimum Gasteiger partial charge on any atom is -0.120 e. The van der Waals surface area contributed by atoms with E-state index in [1.54, 1.807) is 0 Å². The molecule has 88 valence electrons. The monoisotopic (exact) mass is 256 g/mol. The second-order valence-corrected chi connectivity index (χ2v) is 24.9. The summed E-state index contributed by atoms with van der Waals surface area (Å²) in [6, 6.07) is 0. The summed E-state index contributed by atoms with van der Waals surface area (Å²) in [6.45, 7) is 22.2. The Morgan fingerprint density at radius 3 is 0.867 bits per heavy atom. The molecule has 0 spiro atoms. The summed E-state index contributed by atoms with van der Waals surface area (Å²) in [5.74, 6) is 3.32. The summed E-state index contributed by atoms with van der Waals surface area (Å²) < 4.78 is 0.299. The van der Waals surface area contributed by atoms with Crippen LogP contribution in [0.25, 0.3) is 0 Å². The van der Waals surface area contributed by atoms with E-state index in [0.717, 1.165) is 0 Å². The van der Waals surface area contributed by atoms with Gasteiger partial charge in [0.15, 0.2) is 0 Å². The van der Waals surface area contributed by atoms with Crippen LogP contribution >= 0.6 is 0 Å². The Labute approximate surface area is 99.9 Å². The molecule has 0 unspecified atom stereocenters.